The molecule has 0 radical (unpaired) electrons. The van der Waals surface area contributed by atoms with Crippen molar-refractivity contribution in [3.05, 3.63) is 46.8 Å². The van der Waals surface area contributed by atoms with Gasteiger partial charge >= 0.3 is 0 Å². The lowest BCUT2D eigenvalue weighted by Crippen LogP contribution is -2.37. The van der Waals surface area contributed by atoms with Crippen molar-refractivity contribution in [3.63, 3.8) is 0 Å². The largest absolute Gasteiger partial charge is 0.379 e. The third kappa shape index (κ3) is 4.34. The number of morpholine rings is 1. The fourth-order valence-electron chi connectivity index (χ4n) is 2.97. The number of benzene rings is 1. The van der Waals surface area contributed by atoms with Gasteiger partial charge in [-0.2, -0.15) is 9.78 Å². The highest BCUT2D eigenvalue weighted by Gasteiger charge is 2.26. The van der Waals surface area contributed by atoms with E-state index in [0.29, 0.717) is 38.5 Å². The second-order valence-corrected chi connectivity index (χ2v) is 6.77. The number of amides is 1. The maximum absolute atomic E-state index is 12.7. The number of nitrogens with zero attached hydrogens (tertiary/aromatic N) is 7. The number of carbonyl (C=O) groups excluding carboxylic acids is 1. The summed E-state index contributed by atoms with van der Waals surface area (Å²) >= 11 is 0. The molecular weight excluding hydrogens is 390 g/mol. The number of hydrogen-bond donors (Lipinski definition) is 2. The van der Waals surface area contributed by atoms with Crippen LogP contribution in [0.2, 0.25) is 0 Å². The normalized spacial score (nSPS) is 15.0. The molecule has 1 saturated heterocycles. The number of nitrogens with two attached hydrogens (primary N) is 1. The number of hydrazone groups is 1. The zero-order chi connectivity index (χ0) is 20.9. The molecule has 1 aromatic carbocycles. The highest BCUT2D eigenvalue weighted by Crippen LogP contribution is 2.18. The molecule has 3 heterocycles. The SMILES string of the molecule is Cc1ccc(C=NNC(=O)c2nnn(-c3nonc3N)c2CN2CCOCC2)cc1. The van der Waals surface area contributed by atoms with Crippen molar-refractivity contribution >= 4 is 17.9 Å². The Morgan fingerprint density at radius 3 is 2.73 bits per heavy atom. The van der Waals surface area contributed by atoms with E-state index < -0.39 is 5.91 Å². The molecule has 0 unspecified atom stereocenters. The predicted molar refractivity (Wildman–Crippen MR) is 106 cm³/mol. The highest BCUT2D eigenvalue weighted by atomic mass is 16.6. The fraction of sp³-hybridized carbons (Fsp3) is 0.333. The molecular formula is C18H21N9O3. The first-order valence-electron chi connectivity index (χ1n) is 9.35. The zero-order valence-electron chi connectivity index (χ0n) is 16.4. The van der Waals surface area contributed by atoms with Crippen LogP contribution < -0.4 is 11.2 Å². The second kappa shape index (κ2) is 8.80. The van der Waals surface area contributed by atoms with Gasteiger partial charge in [0.1, 0.15) is 0 Å². The van der Waals surface area contributed by atoms with E-state index in [1.165, 1.54) is 4.68 Å². The van der Waals surface area contributed by atoms with Crippen molar-refractivity contribution in [1.29, 1.82) is 0 Å². The third-order valence-corrected chi connectivity index (χ3v) is 4.61. The van der Waals surface area contributed by atoms with E-state index >= 15 is 0 Å². The van der Waals surface area contributed by atoms with Crippen LogP contribution >= 0.6 is 0 Å². The van der Waals surface area contributed by atoms with Gasteiger partial charge in [0.2, 0.25) is 11.6 Å². The van der Waals surface area contributed by atoms with E-state index in [4.69, 9.17) is 10.5 Å². The van der Waals surface area contributed by atoms with Crippen LogP contribution in [-0.2, 0) is 11.3 Å². The van der Waals surface area contributed by atoms with Crippen LogP contribution in [0.1, 0.15) is 27.3 Å². The van der Waals surface area contributed by atoms with Crippen molar-refractivity contribution in [2.75, 3.05) is 32.0 Å². The lowest BCUT2D eigenvalue weighted by Gasteiger charge is -2.26. The molecule has 12 heteroatoms. The molecule has 3 aromatic rings. The minimum atomic E-state index is -0.497. The summed E-state index contributed by atoms with van der Waals surface area (Å²) < 4.78 is 11.4. The van der Waals surface area contributed by atoms with Crippen molar-refractivity contribution in [1.82, 2.24) is 35.6 Å². The van der Waals surface area contributed by atoms with Crippen LogP contribution in [0, 0.1) is 6.92 Å². The number of nitrogens with one attached hydrogen (secondary N) is 1. The Kier molecular flexibility index (Phi) is 5.77. The molecule has 4 rings (SSSR count). The number of anilines is 1. The Balaban J connectivity index is 1.56. The molecule has 30 heavy (non-hydrogen) atoms. The Morgan fingerprint density at radius 1 is 1.27 bits per heavy atom. The number of aryl methyl sites for hydroxylation is 1. The van der Waals surface area contributed by atoms with E-state index in [9.17, 15) is 4.79 Å². The lowest BCUT2D eigenvalue weighted by molar-refractivity contribution is 0.0332. The zero-order valence-corrected chi connectivity index (χ0v) is 16.4. The van der Waals surface area contributed by atoms with E-state index in [1.807, 2.05) is 31.2 Å². The van der Waals surface area contributed by atoms with Crippen molar-refractivity contribution in [2.45, 2.75) is 13.5 Å². The van der Waals surface area contributed by atoms with Gasteiger partial charge in [0.25, 0.3) is 5.91 Å². The van der Waals surface area contributed by atoms with Crippen LogP contribution in [0.15, 0.2) is 34.0 Å². The molecule has 0 atom stereocenters. The van der Waals surface area contributed by atoms with Gasteiger partial charge in [-0.25, -0.2) is 10.1 Å². The Morgan fingerprint density at radius 2 is 2.03 bits per heavy atom. The Hall–Kier alpha value is -3.64. The molecule has 1 aliphatic heterocycles. The van der Waals surface area contributed by atoms with Crippen LogP contribution in [0.3, 0.4) is 0 Å². The molecule has 12 nitrogen and oxygen atoms in total. The second-order valence-electron chi connectivity index (χ2n) is 6.77. The van der Waals surface area contributed by atoms with Crippen LogP contribution in [0.4, 0.5) is 5.82 Å². The number of hydrogen-bond acceptors (Lipinski definition) is 10. The van der Waals surface area contributed by atoms with Gasteiger partial charge in [-0.3, -0.25) is 9.69 Å². The van der Waals surface area contributed by atoms with Crippen LogP contribution in [0.25, 0.3) is 5.82 Å². The first-order valence-corrected chi connectivity index (χ1v) is 9.35. The number of nitrogen functional groups attached to an aromatic ring is 1. The van der Waals surface area contributed by atoms with Crippen molar-refractivity contribution in [3.8, 4) is 5.82 Å². The summed E-state index contributed by atoms with van der Waals surface area (Å²) in [5, 5.41) is 19.4. The molecule has 0 saturated carbocycles. The predicted octanol–water partition coefficient (Wildman–Crippen LogP) is 0.137. The van der Waals surface area contributed by atoms with E-state index in [0.717, 1.165) is 11.1 Å². The van der Waals surface area contributed by atoms with Gasteiger partial charge in [-0.05, 0) is 22.8 Å². The monoisotopic (exact) mass is 411 g/mol. The molecule has 1 aliphatic rings. The first kappa shape index (κ1) is 19.7. The van der Waals surface area contributed by atoms with Crippen LogP contribution in [0.5, 0.6) is 0 Å². The average molecular weight is 411 g/mol. The highest BCUT2D eigenvalue weighted by molar-refractivity contribution is 5.94. The molecule has 2 aromatic heterocycles. The van der Waals surface area contributed by atoms with E-state index in [1.54, 1.807) is 6.21 Å². The Bertz CT molecular complexity index is 1040. The number of rotatable bonds is 6. The molecule has 0 aliphatic carbocycles. The minimum Gasteiger partial charge on any atom is -0.379 e. The maximum Gasteiger partial charge on any atom is 0.293 e. The van der Waals surface area contributed by atoms with Gasteiger partial charge in [0, 0.05) is 19.6 Å². The molecule has 1 fully saturated rings. The van der Waals surface area contributed by atoms with Crippen molar-refractivity contribution < 1.29 is 14.2 Å². The average Bonchev–Trinajstić information content (AvgIpc) is 3.36. The van der Waals surface area contributed by atoms with Gasteiger partial charge in [-0.15, -0.1) is 5.10 Å². The van der Waals surface area contributed by atoms with E-state index in [2.05, 4.69) is 40.7 Å². The number of carbonyl (C=O) groups is 1. The summed E-state index contributed by atoms with van der Waals surface area (Å²) in [4.78, 5) is 14.9. The van der Waals surface area contributed by atoms with Crippen LogP contribution in [-0.4, -0.2) is 68.6 Å². The summed E-state index contributed by atoms with van der Waals surface area (Å²) in [5.74, 6) is -0.275. The number of ether oxygens (including phenoxy) is 1. The first-order chi connectivity index (χ1) is 14.6. The van der Waals surface area contributed by atoms with Gasteiger partial charge in [0.05, 0.1) is 25.1 Å². The fourth-order valence-corrected chi connectivity index (χ4v) is 2.97. The van der Waals surface area contributed by atoms with Gasteiger partial charge in [0.15, 0.2) is 5.69 Å². The topological polar surface area (TPSA) is 150 Å². The molecule has 0 bridgehead atoms. The molecule has 3 N–H and O–H groups in total. The summed E-state index contributed by atoms with van der Waals surface area (Å²) in [6, 6.07) is 7.74. The summed E-state index contributed by atoms with van der Waals surface area (Å²) in [6.07, 6.45) is 1.56. The molecule has 156 valence electrons. The quantitative estimate of drug-likeness (QED) is 0.426. The Labute approximate surface area is 171 Å². The smallest absolute Gasteiger partial charge is 0.293 e. The third-order valence-electron chi connectivity index (χ3n) is 4.61. The molecule has 0 spiro atoms. The maximum atomic E-state index is 12.7. The van der Waals surface area contributed by atoms with Gasteiger partial charge < -0.3 is 10.5 Å². The van der Waals surface area contributed by atoms with E-state index in [-0.39, 0.29) is 17.3 Å². The summed E-state index contributed by atoms with van der Waals surface area (Å²) in [6.45, 7) is 5.04. The van der Waals surface area contributed by atoms with Gasteiger partial charge in [-0.1, -0.05) is 35.0 Å². The minimum absolute atomic E-state index is 0.0486. The van der Waals surface area contributed by atoms with Crippen molar-refractivity contribution in [2.24, 2.45) is 5.10 Å². The molecule has 1 amide bonds. The summed E-state index contributed by atoms with van der Waals surface area (Å²) in [5.41, 5.74) is 10.9. The number of aromatic nitrogens is 5. The lowest BCUT2D eigenvalue weighted by atomic mass is 10.2. The summed E-state index contributed by atoms with van der Waals surface area (Å²) in [7, 11) is 0. The standard InChI is InChI=1S/C18H21N9O3/c1-12-2-4-13(5-3-12)10-20-22-18(28)15-14(11-26-6-8-29-9-7-26)27(25-21-15)17-16(19)23-30-24-17/h2-5,10H,6-9,11H2,1H3,(H2,19,23)(H,22,28).